The van der Waals surface area contributed by atoms with E-state index in [9.17, 15) is 0 Å². The van der Waals surface area contributed by atoms with Crippen LogP contribution in [0, 0.1) is 5.92 Å². The maximum absolute atomic E-state index is 6.32. The van der Waals surface area contributed by atoms with Gasteiger partial charge in [-0.1, -0.05) is 19.1 Å². The second-order valence-corrected chi connectivity index (χ2v) is 9.63. The number of benzene rings is 1. The molecule has 8 nitrogen and oxygen atoms in total. The second kappa shape index (κ2) is 10.9. The third kappa shape index (κ3) is 5.45. The van der Waals surface area contributed by atoms with Gasteiger partial charge in [-0.3, -0.25) is 0 Å². The number of hydrogen-bond acceptors (Lipinski definition) is 8. The predicted molar refractivity (Wildman–Crippen MR) is 131 cm³/mol. The van der Waals surface area contributed by atoms with Crippen LogP contribution in [0.3, 0.4) is 0 Å². The fourth-order valence-electron chi connectivity index (χ4n) is 4.85. The maximum Gasteiger partial charge on any atom is 0.227 e. The quantitative estimate of drug-likeness (QED) is 0.625. The van der Waals surface area contributed by atoms with E-state index in [1.807, 2.05) is 0 Å². The van der Waals surface area contributed by atoms with Crippen molar-refractivity contribution in [2.75, 3.05) is 56.8 Å². The van der Waals surface area contributed by atoms with Gasteiger partial charge in [0.25, 0.3) is 0 Å². The van der Waals surface area contributed by atoms with Gasteiger partial charge in [0.05, 0.1) is 44.3 Å². The average molecular weight is 469 g/mol. The third-order valence-electron chi connectivity index (χ3n) is 7.00. The lowest BCUT2D eigenvalue weighted by atomic mass is 9.87. The van der Waals surface area contributed by atoms with Crippen molar-refractivity contribution in [2.45, 2.75) is 51.4 Å². The topological polar surface area (TPSA) is 78.0 Å². The highest BCUT2D eigenvalue weighted by Gasteiger charge is 2.27. The minimum absolute atomic E-state index is 0.0139. The molecule has 3 aliphatic rings. The fraction of sp³-hybridized carbons (Fsp3) is 0.615. The first-order valence-electron chi connectivity index (χ1n) is 12.5. The Morgan fingerprint density at radius 1 is 1.00 bits per heavy atom. The predicted octanol–water partition coefficient (Wildman–Crippen LogP) is 3.89. The summed E-state index contributed by atoms with van der Waals surface area (Å²) in [5.74, 6) is 2.01. The van der Waals surface area contributed by atoms with Crippen LogP contribution in [0.15, 0.2) is 24.3 Å². The van der Waals surface area contributed by atoms with Crippen LogP contribution >= 0.6 is 0 Å². The molecular formula is C26H36N4O4. The fourth-order valence-corrected chi connectivity index (χ4v) is 4.85. The lowest BCUT2D eigenvalue weighted by Gasteiger charge is -2.30. The van der Waals surface area contributed by atoms with Crippen molar-refractivity contribution < 1.29 is 18.9 Å². The van der Waals surface area contributed by atoms with Crippen LogP contribution < -0.4 is 15.0 Å². The maximum atomic E-state index is 6.32. The number of morpholine rings is 1. The lowest BCUT2D eigenvalue weighted by molar-refractivity contribution is -0.0811. The Kier molecular flexibility index (Phi) is 7.47. The third-order valence-corrected chi connectivity index (χ3v) is 7.00. The summed E-state index contributed by atoms with van der Waals surface area (Å²) in [4.78, 5) is 12.1. The molecule has 0 radical (unpaired) electrons. The number of nitrogens with zero attached hydrogens (tertiary/aromatic N) is 3. The molecule has 1 aromatic heterocycles. The average Bonchev–Trinajstić information content (AvgIpc) is 2.84. The first kappa shape index (κ1) is 23.3. The van der Waals surface area contributed by atoms with E-state index >= 15 is 0 Å². The van der Waals surface area contributed by atoms with Crippen LogP contribution in [0.4, 0.5) is 11.6 Å². The number of rotatable bonds is 8. The van der Waals surface area contributed by atoms with E-state index in [1.54, 1.807) is 7.11 Å². The molecule has 5 rings (SSSR count). The summed E-state index contributed by atoms with van der Waals surface area (Å²) in [6.07, 6.45) is 4.76. The molecule has 34 heavy (non-hydrogen) atoms. The van der Waals surface area contributed by atoms with Crippen LogP contribution in [0.1, 0.15) is 38.3 Å². The van der Waals surface area contributed by atoms with Crippen molar-refractivity contribution in [3.8, 4) is 17.0 Å². The van der Waals surface area contributed by atoms with Gasteiger partial charge >= 0.3 is 0 Å². The molecule has 1 N–H and O–H groups in total. The van der Waals surface area contributed by atoms with Crippen molar-refractivity contribution in [2.24, 2.45) is 5.92 Å². The van der Waals surface area contributed by atoms with Gasteiger partial charge in [0.1, 0.15) is 6.10 Å². The summed E-state index contributed by atoms with van der Waals surface area (Å²) in [5.41, 5.74) is 3.95. The molecule has 2 aromatic rings. The molecule has 3 heterocycles. The van der Waals surface area contributed by atoms with Crippen molar-refractivity contribution in [1.29, 1.82) is 0 Å². The van der Waals surface area contributed by atoms with Gasteiger partial charge in [0, 0.05) is 31.9 Å². The molecule has 1 aliphatic carbocycles. The second-order valence-electron chi connectivity index (χ2n) is 9.63. The van der Waals surface area contributed by atoms with Gasteiger partial charge in [0.2, 0.25) is 11.8 Å². The molecule has 2 aliphatic heterocycles. The molecule has 2 saturated heterocycles. The first-order chi connectivity index (χ1) is 16.7. The molecule has 3 fully saturated rings. The summed E-state index contributed by atoms with van der Waals surface area (Å²) in [7, 11) is 1.70. The highest BCUT2D eigenvalue weighted by molar-refractivity contribution is 5.73. The normalized spacial score (nSPS) is 23.4. The number of ether oxygens (including phenoxy) is 4. The lowest BCUT2D eigenvalue weighted by Crippen LogP contribution is -2.39. The zero-order chi connectivity index (χ0) is 23.3. The van der Waals surface area contributed by atoms with E-state index in [1.165, 1.54) is 18.5 Å². The summed E-state index contributed by atoms with van der Waals surface area (Å²) >= 11 is 0. The van der Waals surface area contributed by atoms with Crippen molar-refractivity contribution >= 4 is 11.6 Å². The minimum atomic E-state index is 0.0139. The Morgan fingerprint density at radius 2 is 1.74 bits per heavy atom. The standard InChI is InChI=1S/C26H36N4O4/c1-18-3-7-20(8-4-18)27-26-28-23(17-31-2)24(25(29-26)34-22-15-33-16-22)19-5-9-21(10-6-19)30-11-13-32-14-12-30/h5-6,9-10,18,20,22H,3-4,7-8,11-17H2,1-2H3,(H,27,28,29)/t18-,20+. The molecule has 0 unspecified atom stereocenters. The van der Waals surface area contributed by atoms with E-state index in [-0.39, 0.29) is 6.10 Å². The largest absolute Gasteiger partial charge is 0.469 e. The van der Waals surface area contributed by atoms with E-state index in [2.05, 4.69) is 41.4 Å². The van der Waals surface area contributed by atoms with Crippen LogP contribution in [-0.2, 0) is 20.8 Å². The summed E-state index contributed by atoms with van der Waals surface area (Å²) < 4.78 is 22.7. The summed E-state index contributed by atoms with van der Waals surface area (Å²) in [5, 5.41) is 3.57. The number of methoxy groups -OCH3 is 1. The van der Waals surface area contributed by atoms with Gasteiger partial charge in [-0.15, -0.1) is 0 Å². The number of hydrogen-bond donors (Lipinski definition) is 1. The minimum Gasteiger partial charge on any atom is -0.469 e. The van der Waals surface area contributed by atoms with E-state index < -0.39 is 0 Å². The molecule has 1 saturated carbocycles. The van der Waals surface area contributed by atoms with Gasteiger partial charge in [-0.05, 0) is 49.3 Å². The molecule has 0 atom stereocenters. The first-order valence-corrected chi connectivity index (χ1v) is 12.5. The zero-order valence-corrected chi connectivity index (χ0v) is 20.3. The summed E-state index contributed by atoms with van der Waals surface area (Å²) in [6, 6.07) is 8.96. The van der Waals surface area contributed by atoms with E-state index in [0.29, 0.717) is 37.7 Å². The van der Waals surface area contributed by atoms with Crippen LogP contribution in [-0.4, -0.2) is 68.7 Å². The Morgan fingerprint density at radius 3 is 2.38 bits per heavy atom. The molecule has 1 aromatic carbocycles. The molecule has 0 bridgehead atoms. The smallest absolute Gasteiger partial charge is 0.227 e. The van der Waals surface area contributed by atoms with Gasteiger partial charge in [-0.25, -0.2) is 4.98 Å². The Hall–Kier alpha value is -2.42. The monoisotopic (exact) mass is 468 g/mol. The van der Waals surface area contributed by atoms with Crippen LogP contribution in [0.2, 0.25) is 0 Å². The number of anilines is 2. The summed E-state index contributed by atoms with van der Waals surface area (Å²) in [6.45, 7) is 7.24. The Labute approximate surface area is 202 Å². The van der Waals surface area contributed by atoms with Crippen LogP contribution in [0.5, 0.6) is 5.88 Å². The number of aromatic nitrogens is 2. The molecule has 0 amide bonds. The SMILES string of the molecule is COCc1nc(N[C@H]2CC[C@@H](C)CC2)nc(OC2COC2)c1-c1ccc(N2CCOCC2)cc1. The van der Waals surface area contributed by atoms with Crippen molar-refractivity contribution in [1.82, 2.24) is 9.97 Å². The molecular weight excluding hydrogens is 432 g/mol. The van der Waals surface area contributed by atoms with E-state index in [0.717, 1.165) is 61.9 Å². The van der Waals surface area contributed by atoms with Crippen molar-refractivity contribution in [3.05, 3.63) is 30.0 Å². The van der Waals surface area contributed by atoms with Gasteiger partial charge in [0.15, 0.2) is 0 Å². The van der Waals surface area contributed by atoms with Crippen molar-refractivity contribution in [3.63, 3.8) is 0 Å². The van der Waals surface area contributed by atoms with Crippen LogP contribution in [0.25, 0.3) is 11.1 Å². The molecule has 184 valence electrons. The molecule has 0 spiro atoms. The zero-order valence-electron chi connectivity index (χ0n) is 20.3. The van der Waals surface area contributed by atoms with Gasteiger partial charge in [-0.2, -0.15) is 4.98 Å². The highest BCUT2D eigenvalue weighted by Crippen LogP contribution is 2.36. The Bertz CT molecular complexity index is 937. The molecule has 8 heteroatoms. The highest BCUT2D eigenvalue weighted by atomic mass is 16.6. The number of nitrogens with one attached hydrogen (secondary N) is 1. The van der Waals surface area contributed by atoms with Gasteiger partial charge < -0.3 is 29.2 Å². The van der Waals surface area contributed by atoms with E-state index in [4.69, 9.17) is 28.9 Å². The Balaban J connectivity index is 1.45.